The van der Waals surface area contributed by atoms with Crippen LogP contribution in [0.1, 0.15) is 29.7 Å². The first kappa shape index (κ1) is 23.7. The molecule has 8 atom stereocenters. The number of amides is 2. The summed E-state index contributed by atoms with van der Waals surface area (Å²) in [7, 11) is 0. The zero-order valence-corrected chi connectivity index (χ0v) is 21.9. The van der Waals surface area contributed by atoms with Crippen LogP contribution in [-0.4, -0.2) is 44.1 Å². The fourth-order valence-electron chi connectivity index (χ4n) is 7.30. The van der Waals surface area contributed by atoms with Crippen LogP contribution < -0.4 is 9.61 Å². The Morgan fingerprint density at radius 1 is 1.03 bits per heavy atom. The lowest BCUT2D eigenvalue weighted by molar-refractivity contribution is -0.154. The Kier molecular flexibility index (Phi) is 5.35. The second kappa shape index (κ2) is 8.57. The minimum atomic E-state index is -1.18. The third-order valence-electron chi connectivity index (χ3n) is 8.70. The number of carboxylic acid groups (broad SMARTS) is 1. The Labute approximate surface area is 226 Å². The van der Waals surface area contributed by atoms with Crippen molar-refractivity contribution in [3.63, 3.8) is 0 Å². The highest BCUT2D eigenvalue weighted by atomic mass is 32.2. The first-order valence-electron chi connectivity index (χ1n) is 12.7. The fraction of sp³-hybridized carbons (Fsp3) is 0.357. The maximum absolute atomic E-state index is 13.5. The van der Waals surface area contributed by atoms with Crippen LogP contribution in [0, 0.1) is 29.6 Å². The topological polar surface area (TPSA) is 117 Å². The van der Waals surface area contributed by atoms with Crippen molar-refractivity contribution in [3.8, 4) is 11.5 Å². The monoisotopic (exact) mass is 548 g/mol. The molecule has 2 aromatic carbocycles. The molecule has 8 nitrogen and oxygen atoms in total. The number of aliphatic carboxylic acids is 1. The van der Waals surface area contributed by atoms with E-state index in [1.54, 1.807) is 11.8 Å². The van der Waals surface area contributed by atoms with Gasteiger partial charge in [-0.25, -0.2) is 4.79 Å². The SMILES string of the molecule is C[C@@H](C(=O)O)N1C(=O)[C@@H]2[C@@H]3C[C@H]([C@H]4Sc5[nH]c(=O)sc5[C@@H](c5cccc(Oc6ccccc6)c5)[C@H]34)[C@@H]2C1=O. The van der Waals surface area contributed by atoms with Gasteiger partial charge in [-0.3, -0.25) is 19.3 Å². The van der Waals surface area contributed by atoms with Gasteiger partial charge in [-0.15, -0.1) is 11.8 Å². The number of fused-ring (bicyclic) bond motifs is 9. The molecule has 4 aliphatic rings. The summed E-state index contributed by atoms with van der Waals surface area (Å²) >= 11 is 2.81. The second-order valence-electron chi connectivity index (χ2n) is 10.5. The molecule has 3 heterocycles. The van der Waals surface area contributed by atoms with Gasteiger partial charge in [-0.1, -0.05) is 41.7 Å². The maximum Gasteiger partial charge on any atom is 0.326 e. The van der Waals surface area contributed by atoms with E-state index in [0.717, 1.165) is 32.5 Å². The van der Waals surface area contributed by atoms with Gasteiger partial charge in [0.15, 0.2) is 0 Å². The second-order valence-corrected chi connectivity index (χ2v) is 12.7. The number of benzene rings is 2. The van der Waals surface area contributed by atoms with E-state index in [1.165, 1.54) is 18.3 Å². The summed E-state index contributed by atoms with van der Waals surface area (Å²) in [5, 5.41) is 10.4. The molecule has 2 bridgehead atoms. The lowest BCUT2D eigenvalue weighted by Crippen LogP contribution is -2.44. The average Bonchev–Trinajstić information content (AvgIpc) is 3.63. The van der Waals surface area contributed by atoms with E-state index in [9.17, 15) is 24.3 Å². The molecular formula is C28H24N2O6S2. The molecule has 2 aliphatic carbocycles. The van der Waals surface area contributed by atoms with Crippen molar-refractivity contribution in [3.05, 3.63) is 74.7 Å². The zero-order chi connectivity index (χ0) is 26.3. The number of nitrogens with zero attached hydrogens (tertiary/aromatic N) is 1. The number of rotatable bonds is 5. The molecule has 194 valence electrons. The maximum atomic E-state index is 13.5. The number of H-pyrrole nitrogens is 1. The number of thiazole rings is 1. The molecule has 38 heavy (non-hydrogen) atoms. The molecule has 2 N–H and O–H groups in total. The smallest absolute Gasteiger partial charge is 0.326 e. The van der Waals surface area contributed by atoms with Crippen molar-refractivity contribution in [1.29, 1.82) is 0 Å². The molecule has 1 saturated heterocycles. The molecule has 2 saturated carbocycles. The van der Waals surface area contributed by atoms with Crippen LogP contribution >= 0.6 is 23.1 Å². The van der Waals surface area contributed by atoms with Crippen LogP contribution in [0.2, 0.25) is 0 Å². The van der Waals surface area contributed by atoms with Gasteiger partial charge in [0, 0.05) is 16.0 Å². The normalized spacial score (nSPS) is 31.6. The molecule has 0 spiro atoms. The Morgan fingerprint density at radius 2 is 1.74 bits per heavy atom. The molecule has 1 aromatic heterocycles. The Bertz CT molecular complexity index is 1530. The van der Waals surface area contributed by atoms with Crippen LogP contribution in [0.25, 0.3) is 0 Å². The highest BCUT2D eigenvalue weighted by molar-refractivity contribution is 8.00. The summed E-state index contributed by atoms with van der Waals surface area (Å²) in [5.74, 6) is -1.73. The van der Waals surface area contributed by atoms with Gasteiger partial charge in [0.1, 0.15) is 17.5 Å². The van der Waals surface area contributed by atoms with E-state index >= 15 is 0 Å². The van der Waals surface area contributed by atoms with Gasteiger partial charge in [-0.2, -0.15) is 0 Å². The fourth-order valence-corrected chi connectivity index (χ4v) is 10.2. The van der Waals surface area contributed by atoms with Gasteiger partial charge in [0.05, 0.1) is 16.9 Å². The van der Waals surface area contributed by atoms with Crippen LogP contribution in [-0.2, 0) is 14.4 Å². The van der Waals surface area contributed by atoms with Gasteiger partial charge in [0.2, 0.25) is 11.8 Å². The third kappa shape index (κ3) is 3.36. The van der Waals surface area contributed by atoms with E-state index in [1.807, 2.05) is 54.6 Å². The van der Waals surface area contributed by atoms with Crippen molar-refractivity contribution < 1.29 is 24.2 Å². The van der Waals surface area contributed by atoms with Crippen molar-refractivity contribution in [2.24, 2.45) is 29.6 Å². The average molecular weight is 549 g/mol. The third-order valence-corrected chi connectivity index (χ3v) is 11.3. The van der Waals surface area contributed by atoms with Gasteiger partial charge >= 0.3 is 10.8 Å². The molecule has 3 fully saturated rings. The number of thioether (sulfide) groups is 1. The number of ether oxygens (including phenoxy) is 1. The van der Waals surface area contributed by atoms with Gasteiger partial charge in [0.25, 0.3) is 0 Å². The van der Waals surface area contributed by atoms with Crippen LogP contribution in [0.4, 0.5) is 0 Å². The first-order valence-corrected chi connectivity index (χ1v) is 14.4. The van der Waals surface area contributed by atoms with E-state index in [0.29, 0.717) is 5.75 Å². The predicted octanol–water partition coefficient (Wildman–Crippen LogP) is 4.18. The lowest BCUT2D eigenvalue weighted by Gasteiger charge is -2.43. The predicted molar refractivity (Wildman–Crippen MR) is 140 cm³/mol. The van der Waals surface area contributed by atoms with Crippen molar-refractivity contribution in [2.45, 2.75) is 35.6 Å². The van der Waals surface area contributed by atoms with Crippen molar-refractivity contribution in [1.82, 2.24) is 9.88 Å². The van der Waals surface area contributed by atoms with Gasteiger partial charge in [-0.05, 0) is 60.9 Å². The number of aromatic nitrogens is 1. The van der Waals surface area contributed by atoms with Gasteiger partial charge < -0.3 is 14.8 Å². The number of carbonyl (C=O) groups excluding carboxylic acids is 2. The Hall–Kier alpha value is -3.37. The Morgan fingerprint density at radius 3 is 2.47 bits per heavy atom. The number of hydrogen-bond acceptors (Lipinski definition) is 7. The molecule has 7 rings (SSSR count). The summed E-state index contributed by atoms with van der Waals surface area (Å²) in [6.45, 7) is 1.40. The summed E-state index contributed by atoms with van der Waals surface area (Å²) in [6, 6.07) is 16.2. The Balaban J connectivity index is 1.29. The molecule has 3 aromatic rings. The number of likely N-dealkylation sites (tertiary alicyclic amines) is 1. The largest absolute Gasteiger partial charge is 0.480 e. The molecule has 10 heteroatoms. The quantitative estimate of drug-likeness (QED) is 0.460. The van der Waals surface area contributed by atoms with Crippen molar-refractivity contribution in [2.75, 3.05) is 0 Å². The van der Waals surface area contributed by atoms with Crippen LogP contribution in [0.3, 0.4) is 0 Å². The number of imide groups is 1. The number of carbonyl (C=O) groups is 3. The van der Waals surface area contributed by atoms with E-state index in [-0.39, 0.29) is 45.6 Å². The molecule has 2 amide bonds. The zero-order valence-electron chi connectivity index (χ0n) is 20.3. The van der Waals surface area contributed by atoms with E-state index < -0.39 is 23.8 Å². The highest BCUT2D eigenvalue weighted by Crippen LogP contribution is 2.68. The molecular weight excluding hydrogens is 524 g/mol. The number of nitrogens with one attached hydrogen (secondary N) is 1. The molecule has 0 unspecified atom stereocenters. The summed E-state index contributed by atoms with van der Waals surface area (Å²) < 4.78 is 6.11. The minimum absolute atomic E-state index is 0.0361. The summed E-state index contributed by atoms with van der Waals surface area (Å²) in [5.41, 5.74) is 1.00. The minimum Gasteiger partial charge on any atom is -0.480 e. The molecule has 0 radical (unpaired) electrons. The summed E-state index contributed by atoms with van der Waals surface area (Å²) in [6.07, 6.45) is 0.750. The number of para-hydroxylation sites is 1. The standard InChI is InChI=1S/C28H24N2O6S2/c1-12(27(33)34)30-25(31)20-16-11-17(21(20)26(30)32)22-19(16)18(23-24(37-22)29-28(35)38-23)13-6-5-9-15(10-13)36-14-7-3-2-4-8-14/h2-10,12,16-22H,11H2,1H3,(H,29,35)(H,33,34)/t12-,16+,17-,18-,19-,20+,21-,22+/m0/s1. The number of carboxylic acids is 1. The van der Waals surface area contributed by atoms with Crippen LogP contribution in [0.5, 0.6) is 11.5 Å². The molecule has 2 aliphatic heterocycles. The lowest BCUT2D eigenvalue weighted by atomic mass is 9.68. The number of hydrogen-bond donors (Lipinski definition) is 2. The van der Waals surface area contributed by atoms with Crippen molar-refractivity contribution >= 4 is 40.9 Å². The van der Waals surface area contributed by atoms with Crippen LogP contribution in [0.15, 0.2) is 64.4 Å². The number of aromatic amines is 1. The highest BCUT2D eigenvalue weighted by Gasteiger charge is 2.70. The van der Waals surface area contributed by atoms with E-state index in [2.05, 4.69) is 4.98 Å². The summed E-state index contributed by atoms with van der Waals surface area (Å²) in [4.78, 5) is 55.9. The first-order chi connectivity index (χ1) is 18.3. The van der Waals surface area contributed by atoms with E-state index in [4.69, 9.17) is 4.74 Å².